The van der Waals surface area contributed by atoms with Gasteiger partial charge in [-0.2, -0.15) is 5.26 Å². The second kappa shape index (κ2) is 7.04. The molecule has 0 fully saturated rings. The average molecular weight is 351 g/mol. The van der Waals surface area contributed by atoms with E-state index in [4.69, 9.17) is 16.0 Å². The fourth-order valence-electron chi connectivity index (χ4n) is 2.33. The highest BCUT2D eigenvalue weighted by Gasteiger charge is 2.13. The Morgan fingerprint density at radius 1 is 1.16 bits per heavy atom. The van der Waals surface area contributed by atoms with Gasteiger partial charge in [0.05, 0.1) is 21.6 Å². The van der Waals surface area contributed by atoms with Crippen LogP contribution < -0.4 is 0 Å². The Bertz CT molecular complexity index is 1000. The van der Waals surface area contributed by atoms with E-state index in [2.05, 4.69) is 6.07 Å². The molecular formula is C19H11ClN2O3. The molecule has 0 unspecified atom stereocenters. The van der Waals surface area contributed by atoms with Crippen LogP contribution in [-0.2, 0) is 0 Å². The Morgan fingerprint density at radius 3 is 2.56 bits per heavy atom. The number of nitro groups is 1. The molecule has 0 aliphatic carbocycles. The van der Waals surface area contributed by atoms with Crippen molar-refractivity contribution < 1.29 is 9.34 Å². The molecule has 0 spiro atoms. The van der Waals surface area contributed by atoms with Crippen LogP contribution in [-0.4, -0.2) is 4.92 Å². The van der Waals surface area contributed by atoms with Gasteiger partial charge in [0.15, 0.2) is 0 Å². The second-order valence-electron chi connectivity index (χ2n) is 5.16. The maximum atomic E-state index is 10.8. The Hall–Kier alpha value is -3.36. The van der Waals surface area contributed by atoms with Crippen molar-refractivity contribution in [1.82, 2.24) is 0 Å². The zero-order valence-corrected chi connectivity index (χ0v) is 13.6. The number of rotatable bonds is 4. The lowest BCUT2D eigenvalue weighted by molar-refractivity contribution is -0.384. The van der Waals surface area contributed by atoms with Crippen molar-refractivity contribution >= 4 is 28.9 Å². The normalized spacial score (nSPS) is 11.1. The molecule has 0 atom stereocenters. The number of hydrogen-bond acceptors (Lipinski definition) is 4. The molecule has 0 aliphatic heterocycles. The molecule has 122 valence electrons. The zero-order chi connectivity index (χ0) is 17.8. The van der Waals surface area contributed by atoms with E-state index in [-0.39, 0.29) is 10.7 Å². The van der Waals surface area contributed by atoms with Crippen LogP contribution in [0.15, 0.2) is 65.1 Å². The van der Waals surface area contributed by atoms with Gasteiger partial charge in [0.1, 0.15) is 11.5 Å². The van der Waals surface area contributed by atoms with E-state index in [1.807, 2.05) is 30.3 Å². The summed E-state index contributed by atoms with van der Waals surface area (Å²) >= 11 is 6.11. The van der Waals surface area contributed by atoms with E-state index in [1.165, 1.54) is 18.2 Å². The summed E-state index contributed by atoms with van der Waals surface area (Å²) < 4.78 is 5.72. The van der Waals surface area contributed by atoms with Crippen molar-refractivity contribution in [2.24, 2.45) is 0 Å². The fourth-order valence-corrected chi connectivity index (χ4v) is 2.60. The molecule has 5 nitrogen and oxygen atoms in total. The van der Waals surface area contributed by atoms with Crippen LogP contribution in [0.4, 0.5) is 5.69 Å². The first-order chi connectivity index (χ1) is 12.1. The predicted molar refractivity (Wildman–Crippen MR) is 95.7 cm³/mol. The minimum Gasteiger partial charge on any atom is -0.457 e. The lowest BCUT2D eigenvalue weighted by Crippen LogP contribution is -1.88. The summed E-state index contributed by atoms with van der Waals surface area (Å²) in [6.45, 7) is 0. The summed E-state index contributed by atoms with van der Waals surface area (Å²) in [6.07, 6.45) is 1.64. The molecule has 0 N–H and O–H groups in total. The van der Waals surface area contributed by atoms with Crippen LogP contribution in [0, 0.1) is 21.4 Å². The molecular weight excluding hydrogens is 340 g/mol. The zero-order valence-electron chi connectivity index (χ0n) is 12.8. The quantitative estimate of drug-likeness (QED) is 0.350. The predicted octanol–water partition coefficient (Wildman–Crippen LogP) is 5.57. The average Bonchev–Trinajstić information content (AvgIpc) is 3.08. The number of halogens is 1. The Kier molecular flexibility index (Phi) is 4.64. The van der Waals surface area contributed by atoms with E-state index in [0.29, 0.717) is 22.7 Å². The first kappa shape index (κ1) is 16.5. The molecule has 0 saturated heterocycles. The third-order valence-corrected chi connectivity index (χ3v) is 3.86. The SMILES string of the molecule is N#C/C(=C/c1ccc(-c2ccc([N+](=O)[O-])cc2Cl)o1)c1ccccc1. The van der Waals surface area contributed by atoms with Gasteiger partial charge < -0.3 is 4.42 Å². The summed E-state index contributed by atoms with van der Waals surface area (Å²) in [7, 11) is 0. The molecule has 0 saturated carbocycles. The van der Waals surface area contributed by atoms with Gasteiger partial charge >= 0.3 is 0 Å². The van der Waals surface area contributed by atoms with Gasteiger partial charge in [-0.25, -0.2) is 0 Å². The van der Waals surface area contributed by atoms with Crippen molar-refractivity contribution in [2.45, 2.75) is 0 Å². The number of allylic oxidation sites excluding steroid dienone is 1. The maximum Gasteiger partial charge on any atom is 0.270 e. The molecule has 1 heterocycles. The molecule has 6 heteroatoms. The molecule has 3 aromatic rings. The summed E-state index contributed by atoms with van der Waals surface area (Å²) in [4.78, 5) is 10.3. The lowest BCUT2D eigenvalue weighted by atomic mass is 10.1. The van der Waals surface area contributed by atoms with Crippen molar-refractivity contribution in [3.8, 4) is 17.4 Å². The number of nitriles is 1. The minimum atomic E-state index is -0.509. The summed E-state index contributed by atoms with van der Waals surface area (Å²) in [6, 6.07) is 19.0. The summed E-state index contributed by atoms with van der Waals surface area (Å²) in [5, 5.41) is 20.4. The van der Waals surface area contributed by atoms with Gasteiger partial charge in [0.2, 0.25) is 0 Å². The number of nitrogens with zero attached hydrogens (tertiary/aromatic N) is 2. The molecule has 0 bridgehead atoms. The number of furan rings is 1. The number of non-ortho nitro benzene ring substituents is 1. The van der Waals surface area contributed by atoms with Crippen molar-refractivity contribution in [3.05, 3.63) is 87.1 Å². The number of benzene rings is 2. The number of hydrogen-bond donors (Lipinski definition) is 0. The van der Waals surface area contributed by atoms with E-state index in [0.717, 1.165) is 5.56 Å². The van der Waals surface area contributed by atoms with E-state index in [1.54, 1.807) is 18.2 Å². The second-order valence-corrected chi connectivity index (χ2v) is 5.57. The third kappa shape index (κ3) is 3.60. The van der Waals surface area contributed by atoms with Gasteiger partial charge in [-0.15, -0.1) is 0 Å². The lowest BCUT2D eigenvalue weighted by Gasteiger charge is -2.01. The van der Waals surface area contributed by atoms with E-state index < -0.39 is 4.92 Å². The highest BCUT2D eigenvalue weighted by Crippen LogP contribution is 2.33. The van der Waals surface area contributed by atoms with E-state index >= 15 is 0 Å². The number of nitro benzene ring substituents is 1. The van der Waals surface area contributed by atoms with Gasteiger partial charge in [-0.1, -0.05) is 41.9 Å². The maximum absolute atomic E-state index is 10.8. The van der Waals surface area contributed by atoms with Gasteiger partial charge in [-0.3, -0.25) is 10.1 Å². The highest BCUT2D eigenvalue weighted by atomic mass is 35.5. The van der Waals surface area contributed by atoms with Crippen LogP contribution in [0.5, 0.6) is 0 Å². The molecule has 1 aromatic heterocycles. The fraction of sp³-hybridized carbons (Fsp3) is 0. The Balaban J connectivity index is 1.94. The van der Waals surface area contributed by atoms with Crippen LogP contribution in [0.3, 0.4) is 0 Å². The molecule has 25 heavy (non-hydrogen) atoms. The van der Waals surface area contributed by atoms with Crippen LogP contribution >= 0.6 is 11.6 Å². The topological polar surface area (TPSA) is 80.1 Å². The first-order valence-corrected chi connectivity index (χ1v) is 7.67. The van der Waals surface area contributed by atoms with E-state index in [9.17, 15) is 15.4 Å². The Labute approximate surface area is 148 Å². The summed E-state index contributed by atoms with van der Waals surface area (Å²) in [5.41, 5.74) is 1.72. The molecule has 0 aliphatic rings. The van der Waals surface area contributed by atoms with Crippen LogP contribution in [0.2, 0.25) is 5.02 Å². The van der Waals surface area contributed by atoms with Gasteiger partial charge in [-0.05, 0) is 29.8 Å². The first-order valence-electron chi connectivity index (χ1n) is 7.30. The van der Waals surface area contributed by atoms with Gasteiger partial charge in [0, 0.05) is 17.7 Å². The van der Waals surface area contributed by atoms with Crippen molar-refractivity contribution in [1.29, 1.82) is 5.26 Å². The molecule has 3 rings (SSSR count). The third-order valence-electron chi connectivity index (χ3n) is 3.55. The van der Waals surface area contributed by atoms with Gasteiger partial charge in [0.25, 0.3) is 5.69 Å². The minimum absolute atomic E-state index is 0.0868. The standard InChI is InChI=1S/C19H11ClN2O3/c20-18-11-15(22(23)24)6-8-17(18)19-9-7-16(25-19)10-14(12-21)13-4-2-1-3-5-13/h1-11H/b14-10-. The highest BCUT2D eigenvalue weighted by molar-refractivity contribution is 6.33. The molecule has 0 radical (unpaired) electrons. The summed E-state index contributed by atoms with van der Waals surface area (Å²) in [5.74, 6) is 0.960. The Morgan fingerprint density at radius 2 is 1.92 bits per heavy atom. The van der Waals surface area contributed by atoms with Crippen LogP contribution in [0.1, 0.15) is 11.3 Å². The van der Waals surface area contributed by atoms with Crippen molar-refractivity contribution in [3.63, 3.8) is 0 Å². The molecule has 2 aromatic carbocycles. The molecule has 0 amide bonds. The monoisotopic (exact) mass is 350 g/mol. The smallest absolute Gasteiger partial charge is 0.270 e. The largest absolute Gasteiger partial charge is 0.457 e. The van der Waals surface area contributed by atoms with Crippen molar-refractivity contribution in [2.75, 3.05) is 0 Å². The van der Waals surface area contributed by atoms with Crippen LogP contribution in [0.25, 0.3) is 23.0 Å².